The van der Waals surface area contributed by atoms with Crippen LogP contribution in [-0.2, 0) is 0 Å². The first kappa shape index (κ1) is 14.3. The number of nitrogen functional groups attached to an aromatic ring is 1. The highest BCUT2D eigenvalue weighted by atomic mass is 16.5. The second kappa shape index (κ2) is 6.86. The van der Waals surface area contributed by atoms with Crippen molar-refractivity contribution in [3.63, 3.8) is 0 Å². The molecule has 0 unspecified atom stereocenters. The number of carbonyl (C=O) groups excluding carboxylic acids is 1. The van der Waals surface area contributed by atoms with E-state index in [4.69, 9.17) is 10.5 Å². The third kappa shape index (κ3) is 3.92. The number of carbonyl (C=O) groups is 1. The molecular weight excluding hydrogens is 230 g/mol. The van der Waals surface area contributed by atoms with Gasteiger partial charge in [0.1, 0.15) is 0 Å². The maximum absolute atomic E-state index is 12.0. The van der Waals surface area contributed by atoms with Crippen molar-refractivity contribution in [3.05, 3.63) is 23.8 Å². The molecule has 1 rings (SSSR count). The SMILES string of the molecule is CCOc1c(N)cccc1C(=O)NCCN(C)C. The number of anilines is 1. The Morgan fingerprint density at radius 3 is 2.78 bits per heavy atom. The van der Waals surface area contributed by atoms with Gasteiger partial charge in [-0.1, -0.05) is 6.07 Å². The quantitative estimate of drug-likeness (QED) is 0.739. The first-order valence-electron chi connectivity index (χ1n) is 6.00. The molecule has 0 aromatic heterocycles. The summed E-state index contributed by atoms with van der Waals surface area (Å²) in [5, 5.41) is 2.84. The average Bonchev–Trinajstić information content (AvgIpc) is 2.31. The Hall–Kier alpha value is -1.75. The van der Waals surface area contributed by atoms with Crippen molar-refractivity contribution in [2.75, 3.05) is 39.5 Å². The van der Waals surface area contributed by atoms with Crippen LogP contribution in [0.15, 0.2) is 18.2 Å². The van der Waals surface area contributed by atoms with Crippen molar-refractivity contribution in [2.24, 2.45) is 0 Å². The second-order valence-electron chi connectivity index (χ2n) is 4.22. The zero-order chi connectivity index (χ0) is 13.5. The van der Waals surface area contributed by atoms with Crippen LogP contribution in [0.3, 0.4) is 0 Å². The highest BCUT2D eigenvalue weighted by Crippen LogP contribution is 2.26. The lowest BCUT2D eigenvalue weighted by molar-refractivity contribution is 0.0947. The van der Waals surface area contributed by atoms with Crippen molar-refractivity contribution < 1.29 is 9.53 Å². The van der Waals surface area contributed by atoms with Gasteiger partial charge in [0.05, 0.1) is 17.9 Å². The number of nitrogens with zero attached hydrogens (tertiary/aromatic N) is 1. The fourth-order valence-electron chi connectivity index (χ4n) is 1.53. The van der Waals surface area contributed by atoms with Crippen LogP contribution in [0.25, 0.3) is 0 Å². The van der Waals surface area contributed by atoms with Crippen LogP contribution in [0.2, 0.25) is 0 Å². The zero-order valence-electron chi connectivity index (χ0n) is 11.2. The molecule has 1 aromatic carbocycles. The number of nitrogens with one attached hydrogen (secondary N) is 1. The van der Waals surface area contributed by atoms with Gasteiger partial charge in [0.15, 0.2) is 5.75 Å². The molecule has 3 N–H and O–H groups in total. The third-order valence-electron chi connectivity index (χ3n) is 2.42. The Bertz CT molecular complexity index is 405. The summed E-state index contributed by atoms with van der Waals surface area (Å²) in [6, 6.07) is 5.19. The van der Waals surface area contributed by atoms with Gasteiger partial charge in [0.2, 0.25) is 0 Å². The first-order chi connectivity index (χ1) is 8.56. The molecule has 18 heavy (non-hydrogen) atoms. The molecule has 0 spiro atoms. The van der Waals surface area contributed by atoms with Crippen LogP contribution >= 0.6 is 0 Å². The number of likely N-dealkylation sites (N-methyl/N-ethyl adjacent to an activating group) is 1. The normalized spacial score (nSPS) is 10.4. The molecule has 0 saturated carbocycles. The van der Waals surface area contributed by atoms with Crippen molar-refractivity contribution >= 4 is 11.6 Å². The molecule has 0 atom stereocenters. The predicted molar refractivity (Wildman–Crippen MR) is 72.9 cm³/mol. The number of hydrogen-bond acceptors (Lipinski definition) is 4. The monoisotopic (exact) mass is 251 g/mol. The van der Waals surface area contributed by atoms with E-state index in [0.29, 0.717) is 30.2 Å². The fraction of sp³-hybridized carbons (Fsp3) is 0.462. The van der Waals surface area contributed by atoms with Gasteiger partial charge < -0.3 is 20.7 Å². The molecule has 5 nitrogen and oxygen atoms in total. The summed E-state index contributed by atoms with van der Waals surface area (Å²) in [7, 11) is 3.91. The van der Waals surface area contributed by atoms with Crippen molar-refractivity contribution in [2.45, 2.75) is 6.92 Å². The molecule has 0 radical (unpaired) electrons. The van der Waals surface area contributed by atoms with Crippen LogP contribution in [0.5, 0.6) is 5.75 Å². The molecule has 0 bridgehead atoms. The third-order valence-corrected chi connectivity index (χ3v) is 2.42. The lowest BCUT2D eigenvalue weighted by Crippen LogP contribution is -2.31. The van der Waals surface area contributed by atoms with Crippen LogP contribution < -0.4 is 15.8 Å². The van der Waals surface area contributed by atoms with E-state index in [0.717, 1.165) is 6.54 Å². The topological polar surface area (TPSA) is 67.6 Å². The molecular formula is C13H21N3O2. The number of rotatable bonds is 6. The zero-order valence-corrected chi connectivity index (χ0v) is 11.2. The number of amides is 1. The van der Waals surface area contributed by atoms with E-state index < -0.39 is 0 Å². The lowest BCUT2D eigenvalue weighted by Gasteiger charge is -2.14. The summed E-state index contributed by atoms with van der Waals surface area (Å²) < 4.78 is 5.42. The predicted octanol–water partition coefficient (Wildman–Crippen LogP) is 0.959. The molecule has 0 aliphatic heterocycles. The highest BCUT2D eigenvalue weighted by molar-refractivity contribution is 5.98. The van der Waals surface area contributed by atoms with Gasteiger partial charge in [-0.3, -0.25) is 4.79 Å². The summed E-state index contributed by atoms with van der Waals surface area (Å²) in [6.45, 7) is 3.72. The van der Waals surface area contributed by atoms with E-state index in [-0.39, 0.29) is 5.91 Å². The van der Waals surface area contributed by atoms with E-state index in [1.54, 1.807) is 18.2 Å². The molecule has 1 aromatic rings. The van der Waals surface area contributed by atoms with Gasteiger partial charge in [0.25, 0.3) is 5.91 Å². The Balaban J connectivity index is 2.75. The molecule has 0 aliphatic carbocycles. The summed E-state index contributed by atoms with van der Waals surface area (Å²) in [6.07, 6.45) is 0. The maximum Gasteiger partial charge on any atom is 0.255 e. The molecule has 0 heterocycles. The second-order valence-corrected chi connectivity index (χ2v) is 4.22. The first-order valence-corrected chi connectivity index (χ1v) is 6.00. The minimum Gasteiger partial charge on any atom is -0.491 e. The summed E-state index contributed by atoms with van der Waals surface area (Å²) in [4.78, 5) is 14.0. The van der Waals surface area contributed by atoms with Crippen molar-refractivity contribution in [3.8, 4) is 5.75 Å². The number of benzene rings is 1. The van der Waals surface area contributed by atoms with Gasteiger partial charge in [-0.05, 0) is 33.2 Å². The Labute approximate surface area is 108 Å². The summed E-state index contributed by atoms with van der Waals surface area (Å²) >= 11 is 0. The van der Waals surface area contributed by atoms with Crippen LogP contribution in [-0.4, -0.2) is 44.6 Å². The van der Waals surface area contributed by atoms with E-state index >= 15 is 0 Å². The summed E-state index contributed by atoms with van der Waals surface area (Å²) in [5.41, 5.74) is 6.77. The lowest BCUT2D eigenvalue weighted by atomic mass is 10.1. The minimum atomic E-state index is -0.160. The number of nitrogens with two attached hydrogens (primary N) is 1. The number of para-hydroxylation sites is 1. The average molecular weight is 251 g/mol. The van der Waals surface area contributed by atoms with E-state index in [9.17, 15) is 4.79 Å². The van der Waals surface area contributed by atoms with Gasteiger partial charge in [-0.2, -0.15) is 0 Å². The van der Waals surface area contributed by atoms with Crippen LogP contribution in [0, 0.1) is 0 Å². The van der Waals surface area contributed by atoms with Crippen molar-refractivity contribution in [1.82, 2.24) is 10.2 Å². The molecule has 0 saturated heterocycles. The molecule has 1 amide bonds. The maximum atomic E-state index is 12.0. The highest BCUT2D eigenvalue weighted by Gasteiger charge is 2.14. The molecule has 100 valence electrons. The van der Waals surface area contributed by atoms with Gasteiger partial charge in [-0.15, -0.1) is 0 Å². The Morgan fingerprint density at radius 1 is 1.44 bits per heavy atom. The molecule has 5 heteroatoms. The largest absolute Gasteiger partial charge is 0.491 e. The van der Waals surface area contributed by atoms with Gasteiger partial charge >= 0.3 is 0 Å². The number of ether oxygens (including phenoxy) is 1. The van der Waals surface area contributed by atoms with E-state index in [1.807, 2.05) is 25.9 Å². The molecule has 0 fully saturated rings. The van der Waals surface area contributed by atoms with Crippen LogP contribution in [0.1, 0.15) is 17.3 Å². The van der Waals surface area contributed by atoms with Gasteiger partial charge in [-0.25, -0.2) is 0 Å². The Morgan fingerprint density at radius 2 is 2.17 bits per heavy atom. The fourth-order valence-corrected chi connectivity index (χ4v) is 1.53. The Kier molecular flexibility index (Phi) is 5.45. The standard InChI is InChI=1S/C13H21N3O2/c1-4-18-12-10(6-5-7-11(12)14)13(17)15-8-9-16(2)3/h5-7H,4,8-9,14H2,1-3H3,(H,15,17). The summed E-state index contributed by atoms with van der Waals surface area (Å²) in [5.74, 6) is 0.301. The minimum absolute atomic E-state index is 0.160. The van der Waals surface area contributed by atoms with E-state index in [2.05, 4.69) is 5.32 Å². The molecule has 0 aliphatic rings. The van der Waals surface area contributed by atoms with Gasteiger partial charge in [0, 0.05) is 13.1 Å². The smallest absolute Gasteiger partial charge is 0.255 e. The van der Waals surface area contributed by atoms with Crippen molar-refractivity contribution in [1.29, 1.82) is 0 Å². The number of hydrogen-bond donors (Lipinski definition) is 2. The van der Waals surface area contributed by atoms with Crippen LogP contribution in [0.4, 0.5) is 5.69 Å². The van der Waals surface area contributed by atoms with E-state index in [1.165, 1.54) is 0 Å².